The predicted molar refractivity (Wildman–Crippen MR) is 66.8 cm³/mol. The summed E-state index contributed by atoms with van der Waals surface area (Å²) in [5, 5.41) is 2.82. The number of halogens is 5. The van der Waals surface area contributed by atoms with Crippen molar-refractivity contribution in [1.29, 1.82) is 0 Å². The van der Waals surface area contributed by atoms with Gasteiger partial charge in [-0.25, -0.2) is 9.97 Å². The molecule has 1 heterocycles. The Bertz CT molecular complexity index is 602. The van der Waals surface area contributed by atoms with Crippen molar-refractivity contribution in [3.8, 4) is 0 Å². The standard InChI is InChI=1S/C11H6Cl2F3N3/c12-7-1-6(11(14,15)16)2-8(3-7)19-10-4-9(13)17-5-18-10/h1-5H,(H,17,18,19). The highest BCUT2D eigenvalue weighted by molar-refractivity contribution is 6.31. The third-order valence-corrected chi connectivity index (χ3v) is 2.56. The van der Waals surface area contributed by atoms with Crippen LogP contribution in [0.2, 0.25) is 10.2 Å². The van der Waals surface area contributed by atoms with E-state index in [2.05, 4.69) is 15.3 Å². The fourth-order valence-electron chi connectivity index (χ4n) is 1.38. The van der Waals surface area contributed by atoms with Gasteiger partial charge in [-0.2, -0.15) is 13.2 Å². The molecule has 0 unspecified atom stereocenters. The molecule has 0 radical (unpaired) electrons. The minimum absolute atomic E-state index is 0.0301. The highest BCUT2D eigenvalue weighted by atomic mass is 35.5. The number of anilines is 2. The number of rotatable bonds is 2. The van der Waals surface area contributed by atoms with E-state index < -0.39 is 11.7 Å². The fraction of sp³-hybridized carbons (Fsp3) is 0.0909. The van der Waals surface area contributed by atoms with Crippen LogP contribution < -0.4 is 5.32 Å². The van der Waals surface area contributed by atoms with Gasteiger partial charge in [-0.3, -0.25) is 0 Å². The van der Waals surface area contributed by atoms with E-state index in [-0.39, 0.29) is 21.7 Å². The summed E-state index contributed by atoms with van der Waals surface area (Å²) in [7, 11) is 0. The Labute approximate surface area is 116 Å². The SMILES string of the molecule is FC(F)(F)c1cc(Cl)cc(Nc2cc(Cl)ncn2)c1. The zero-order chi connectivity index (χ0) is 14.0. The van der Waals surface area contributed by atoms with Crippen molar-refractivity contribution in [1.82, 2.24) is 9.97 Å². The first kappa shape index (κ1) is 13.9. The molecule has 0 saturated carbocycles. The third kappa shape index (κ3) is 3.71. The maximum Gasteiger partial charge on any atom is 0.416 e. The monoisotopic (exact) mass is 307 g/mol. The number of nitrogens with zero attached hydrogens (tertiary/aromatic N) is 2. The normalized spacial score (nSPS) is 11.4. The first-order chi connectivity index (χ1) is 8.84. The van der Waals surface area contributed by atoms with Crippen LogP contribution in [0.1, 0.15) is 5.56 Å². The molecular weight excluding hydrogens is 302 g/mol. The van der Waals surface area contributed by atoms with Gasteiger partial charge >= 0.3 is 6.18 Å². The van der Waals surface area contributed by atoms with Crippen molar-refractivity contribution >= 4 is 34.7 Å². The second-order valence-electron chi connectivity index (χ2n) is 3.58. The molecule has 1 aromatic carbocycles. The van der Waals surface area contributed by atoms with E-state index >= 15 is 0 Å². The van der Waals surface area contributed by atoms with E-state index in [0.29, 0.717) is 0 Å². The Kier molecular flexibility index (Phi) is 3.82. The molecule has 0 aliphatic rings. The molecule has 8 heteroatoms. The fourth-order valence-corrected chi connectivity index (χ4v) is 1.76. The largest absolute Gasteiger partial charge is 0.416 e. The minimum Gasteiger partial charge on any atom is -0.340 e. The van der Waals surface area contributed by atoms with Gasteiger partial charge in [0.05, 0.1) is 5.56 Å². The lowest BCUT2D eigenvalue weighted by Gasteiger charge is -2.11. The number of nitrogens with one attached hydrogen (secondary N) is 1. The number of alkyl halides is 3. The zero-order valence-electron chi connectivity index (χ0n) is 9.17. The van der Waals surface area contributed by atoms with Crippen molar-refractivity contribution in [2.45, 2.75) is 6.18 Å². The molecule has 19 heavy (non-hydrogen) atoms. The van der Waals surface area contributed by atoms with E-state index in [1.165, 1.54) is 18.5 Å². The van der Waals surface area contributed by atoms with Crippen molar-refractivity contribution in [2.24, 2.45) is 0 Å². The molecule has 0 bridgehead atoms. The van der Waals surface area contributed by atoms with Crippen LogP contribution >= 0.6 is 23.2 Å². The molecule has 0 atom stereocenters. The number of hydrogen-bond acceptors (Lipinski definition) is 3. The summed E-state index contributed by atoms with van der Waals surface area (Å²) in [5.74, 6) is 0.274. The van der Waals surface area contributed by atoms with Crippen LogP contribution in [0.3, 0.4) is 0 Å². The average molecular weight is 308 g/mol. The van der Waals surface area contributed by atoms with Crippen LogP contribution in [-0.4, -0.2) is 9.97 Å². The summed E-state index contributed by atoms with van der Waals surface area (Å²) in [5.41, 5.74) is -0.683. The third-order valence-electron chi connectivity index (χ3n) is 2.13. The van der Waals surface area contributed by atoms with Gasteiger partial charge in [-0.1, -0.05) is 23.2 Å². The lowest BCUT2D eigenvalue weighted by molar-refractivity contribution is -0.137. The van der Waals surface area contributed by atoms with E-state index in [1.54, 1.807) is 0 Å². The van der Waals surface area contributed by atoms with E-state index in [4.69, 9.17) is 23.2 Å². The second kappa shape index (κ2) is 5.22. The zero-order valence-corrected chi connectivity index (χ0v) is 10.7. The summed E-state index contributed by atoms with van der Waals surface area (Å²) >= 11 is 11.3. The number of benzene rings is 1. The predicted octanol–water partition coefficient (Wildman–Crippen LogP) is 4.55. The minimum atomic E-state index is -4.47. The van der Waals surface area contributed by atoms with Gasteiger partial charge in [0.2, 0.25) is 0 Å². The van der Waals surface area contributed by atoms with Gasteiger partial charge in [0.1, 0.15) is 17.3 Å². The molecule has 0 saturated heterocycles. The molecule has 0 aliphatic carbocycles. The van der Waals surface area contributed by atoms with E-state index in [1.807, 2.05) is 0 Å². The molecule has 2 aromatic rings. The highest BCUT2D eigenvalue weighted by Gasteiger charge is 2.31. The summed E-state index contributed by atoms with van der Waals surface area (Å²) in [6.45, 7) is 0. The van der Waals surface area contributed by atoms with Gasteiger partial charge in [-0.05, 0) is 18.2 Å². The van der Waals surface area contributed by atoms with Crippen LogP contribution in [0.25, 0.3) is 0 Å². The van der Waals surface area contributed by atoms with Crippen molar-refractivity contribution < 1.29 is 13.2 Å². The van der Waals surface area contributed by atoms with Gasteiger partial charge in [0.15, 0.2) is 0 Å². The van der Waals surface area contributed by atoms with E-state index in [9.17, 15) is 13.2 Å². The lowest BCUT2D eigenvalue weighted by Crippen LogP contribution is -2.05. The first-order valence-electron chi connectivity index (χ1n) is 4.97. The summed E-state index contributed by atoms with van der Waals surface area (Å²) in [6, 6.07) is 4.52. The maximum atomic E-state index is 12.6. The van der Waals surface area contributed by atoms with Crippen LogP contribution in [0.5, 0.6) is 0 Å². The van der Waals surface area contributed by atoms with Crippen LogP contribution in [-0.2, 0) is 6.18 Å². The van der Waals surface area contributed by atoms with E-state index in [0.717, 1.165) is 12.1 Å². The van der Waals surface area contributed by atoms with Crippen molar-refractivity contribution in [2.75, 3.05) is 5.32 Å². The number of hydrogen-bond donors (Lipinski definition) is 1. The molecule has 3 nitrogen and oxygen atoms in total. The van der Waals surface area contributed by atoms with Crippen molar-refractivity contribution in [3.63, 3.8) is 0 Å². The molecule has 0 aliphatic heterocycles. The van der Waals surface area contributed by atoms with Crippen LogP contribution in [0.15, 0.2) is 30.6 Å². The quantitative estimate of drug-likeness (QED) is 0.827. The molecule has 2 rings (SSSR count). The summed E-state index contributed by atoms with van der Waals surface area (Å²) < 4.78 is 37.9. The van der Waals surface area contributed by atoms with Crippen LogP contribution in [0.4, 0.5) is 24.7 Å². The van der Waals surface area contributed by atoms with Gasteiger partial charge < -0.3 is 5.32 Å². The molecule has 0 amide bonds. The average Bonchev–Trinajstić information content (AvgIpc) is 2.26. The maximum absolute atomic E-state index is 12.6. The molecule has 1 aromatic heterocycles. The first-order valence-corrected chi connectivity index (χ1v) is 5.72. The topological polar surface area (TPSA) is 37.8 Å². The smallest absolute Gasteiger partial charge is 0.340 e. The second-order valence-corrected chi connectivity index (χ2v) is 4.40. The highest BCUT2D eigenvalue weighted by Crippen LogP contribution is 2.33. The Morgan fingerprint density at radius 1 is 1.00 bits per heavy atom. The molecule has 100 valence electrons. The van der Waals surface area contributed by atoms with Crippen molar-refractivity contribution in [3.05, 3.63) is 46.3 Å². The van der Waals surface area contributed by atoms with Crippen LogP contribution in [0, 0.1) is 0 Å². The molecule has 0 spiro atoms. The van der Waals surface area contributed by atoms with Gasteiger partial charge in [0.25, 0.3) is 0 Å². The van der Waals surface area contributed by atoms with Gasteiger partial charge in [0, 0.05) is 16.8 Å². The molecule has 0 fully saturated rings. The Morgan fingerprint density at radius 3 is 2.37 bits per heavy atom. The molecular formula is C11H6Cl2F3N3. The Balaban J connectivity index is 2.33. The number of aromatic nitrogens is 2. The Morgan fingerprint density at radius 2 is 1.74 bits per heavy atom. The summed E-state index contributed by atoms with van der Waals surface area (Å²) in [4.78, 5) is 7.49. The molecule has 1 N–H and O–H groups in total. The Hall–Kier alpha value is -1.53. The van der Waals surface area contributed by atoms with Gasteiger partial charge in [-0.15, -0.1) is 0 Å². The lowest BCUT2D eigenvalue weighted by atomic mass is 10.2. The summed E-state index contributed by atoms with van der Waals surface area (Å²) in [6.07, 6.45) is -3.27.